The molecule has 0 saturated heterocycles. The molecule has 0 aliphatic rings. The SMILES string of the molecule is COCC(=O)N(c1c(C)cccc1C)C(C)C=O. The third-order valence-electron chi connectivity index (χ3n) is 2.82. The normalized spacial score (nSPS) is 12.0. The molecule has 1 rings (SSSR count). The van der Waals surface area contributed by atoms with Crippen LogP contribution in [0.4, 0.5) is 5.69 Å². The summed E-state index contributed by atoms with van der Waals surface area (Å²) in [6, 6.07) is 5.27. The first-order valence-corrected chi connectivity index (χ1v) is 5.85. The Morgan fingerprint density at radius 1 is 1.39 bits per heavy atom. The van der Waals surface area contributed by atoms with E-state index in [4.69, 9.17) is 4.74 Å². The van der Waals surface area contributed by atoms with Gasteiger partial charge in [0.25, 0.3) is 5.91 Å². The molecular weight excluding hydrogens is 230 g/mol. The van der Waals surface area contributed by atoms with Crippen molar-refractivity contribution in [2.45, 2.75) is 26.8 Å². The van der Waals surface area contributed by atoms with Crippen molar-refractivity contribution in [3.8, 4) is 0 Å². The number of nitrogens with zero attached hydrogens (tertiary/aromatic N) is 1. The van der Waals surface area contributed by atoms with E-state index in [1.165, 1.54) is 12.0 Å². The van der Waals surface area contributed by atoms with Crippen LogP contribution in [-0.4, -0.2) is 32.0 Å². The minimum Gasteiger partial charge on any atom is -0.375 e. The van der Waals surface area contributed by atoms with Gasteiger partial charge in [-0.15, -0.1) is 0 Å². The minimum atomic E-state index is -0.507. The summed E-state index contributed by atoms with van der Waals surface area (Å²) in [5.74, 6) is -0.213. The van der Waals surface area contributed by atoms with Gasteiger partial charge < -0.3 is 9.53 Å². The lowest BCUT2D eigenvalue weighted by Gasteiger charge is -2.28. The standard InChI is InChI=1S/C14H19NO3/c1-10-6-5-7-11(2)14(10)15(12(3)8-16)13(17)9-18-4/h5-8,12H,9H2,1-4H3. The van der Waals surface area contributed by atoms with Crippen molar-refractivity contribution in [2.75, 3.05) is 18.6 Å². The van der Waals surface area contributed by atoms with E-state index in [-0.39, 0.29) is 12.5 Å². The zero-order valence-electron chi connectivity index (χ0n) is 11.3. The fraction of sp³-hybridized carbons (Fsp3) is 0.429. The number of amides is 1. The van der Waals surface area contributed by atoms with Crippen LogP contribution in [0.25, 0.3) is 0 Å². The molecule has 0 radical (unpaired) electrons. The number of hydrogen-bond acceptors (Lipinski definition) is 3. The van der Waals surface area contributed by atoms with Crippen LogP contribution < -0.4 is 4.90 Å². The van der Waals surface area contributed by atoms with Gasteiger partial charge in [-0.05, 0) is 31.9 Å². The van der Waals surface area contributed by atoms with Gasteiger partial charge in [0.15, 0.2) is 0 Å². The number of methoxy groups -OCH3 is 1. The minimum absolute atomic E-state index is 0.0358. The topological polar surface area (TPSA) is 46.6 Å². The van der Waals surface area contributed by atoms with Crippen molar-refractivity contribution in [3.05, 3.63) is 29.3 Å². The number of carbonyl (C=O) groups excluding carboxylic acids is 2. The number of ether oxygens (including phenoxy) is 1. The zero-order chi connectivity index (χ0) is 13.7. The molecule has 1 aromatic carbocycles. The number of rotatable bonds is 5. The van der Waals surface area contributed by atoms with Crippen molar-refractivity contribution < 1.29 is 14.3 Å². The number of para-hydroxylation sites is 1. The Bertz CT molecular complexity index is 422. The van der Waals surface area contributed by atoms with Gasteiger partial charge in [-0.2, -0.15) is 0 Å². The van der Waals surface area contributed by atoms with Crippen LogP contribution in [0.1, 0.15) is 18.1 Å². The summed E-state index contributed by atoms with van der Waals surface area (Å²) in [5.41, 5.74) is 2.72. The predicted molar refractivity (Wildman–Crippen MR) is 70.8 cm³/mol. The zero-order valence-corrected chi connectivity index (χ0v) is 11.3. The molecule has 98 valence electrons. The number of anilines is 1. The second-order valence-electron chi connectivity index (χ2n) is 4.31. The van der Waals surface area contributed by atoms with E-state index >= 15 is 0 Å². The first-order chi connectivity index (χ1) is 8.52. The highest BCUT2D eigenvalue weighted by Crippen LogP contribution is 2.26. The summed E-state index contributed by atoms with van der Waals surface area (Å²) in [5, 5.41) is 0. The van der Waals surface area contributed by atoms with Gasteiger partial charge in [-0.1, -0.05) is 18.2 Å². The monoisotopic (exact) mass is 249 g/mol. The molecule has 0 fully saturated rings. The van der Waals surface area contributed by atoms with Crippen LogP contribution in [0, 0.1) is 13.8 Å². The smallest absolute Gasteiger partial charge is 0.253 e. The maximum absolute atomic E-state index is 12.1. The summed E-state index contributed by atoms with van der Waals surface area (Å²) < 4.78 is 4.87. The van der Waals surface area contributed by atoms with Crippen molar-refractivity contribution in [1.29, 1.82) is 0 Å². The van der Waals surface area contributed by atoms with Crippen LogP contribution in [0.3, 0.4) is 0 Å². The van der Waals surface area contributed by atoms with Crippen molar-refractivity contribution in [1.82, 2.24) is 0 Å². The molecule has 1 atom stereocenters. The Balaban J connectivity index is 3.25. The van der Waals surface area contributed by atoms with E-state index in [2.05, 4.69) is 0 Å². The molecule has 4 nitrogen and oxygen atoms in total. The molecule has 0 saturated carbocycles. The molecule has 0 aromatic heterocycles. The van der Waals surface area contributed by atoms with Crippen molar-refractivity contribution in [3.63, 3.8) is 0 Å². The number of benzene rings is 1. The second-order valence-corrected chi connectivity index (χ2v) is 4.31. The highest BCUT2D eigenvalue weighted by Gasteiger charge is 2.24. The molecule has 0 N–H and O–H groups in total. The summed E-state index contributed by atoms with van der Waals surface area (Å²) >= 11 is 0. The van der Waals surface area contributed by atoms with Gasteiger partial charge in [0.05, 0.1) is 11.7 Å². The summed E-state index contributed by atoms with van der Waals surface area (Å²) in [7, 11) is 1.46. The molecule has 1 amide bonds. The van der Waals surface area contributed by atoms with E-state index in [0.717, 1.165) is 23.1 Å². The number of aldehydes is 1. The molecule has 0 bridgehead atoms. The molecule has 4 heteroatoms. The van der Waals surface area contributed by atoms with Gasteiger partial charge in [-0.25, -0.2) is 0 Å². The molecule has 18 heavy (non-hydrogen) atoms. The number of hydrogen-bond donors (Lipinski definition) is 0. The number of aryl methyl sites for hydroxylation is 2. The highest BCUT2D eigenvalue weighted by atomic mass is 16.5. The van der Waals surface area contributed by atoms with Gasteiger partial charge in [0.2, 0.25) is 0 Å². The Morgan fingerprint density at radius 2 is 1.94 bits per heavy atom. The van der Waals surface area contributed by atoms with Crippen LogP contribution in [0.5, 0.6) is 0 Å². The first-order valence-electron chi connectivity index (χ1n) is 5.85. The lowest BCUT2D eigenvalue weighted by molar-refractivity contribution is -0.124. The summed E-state index contributed by atoms with van der Waals surface area (Å²) in [4.78, 5) is 24.6. The Kier molecular flexibility index (Phi) is 5.04. The van der Waals surface area contributed by atoms with E-state index in [1.807, 2.05) is 32.0 Å². The van der Waals surface area contributed by atoms with E-state index in [0.29, 0.717) is 0 Å². The molecule has 0 aliphatic heterocycles. The summed E-state index contributed by atoms with van der Waals surface area (Å²) in [6.45, 7) is 5.51. The first kappa shape index (κ1) is 14.4. The van der Waals surface area contributed by atoms with Gasteiger partial charge in [0, 0.05) is 7.11 Å². The Hall–Kier alpha value is -1.68. The van der Waals surface area contributed by atoms with E-state index < -0.39 is 6.04 Å². The maximum Gasteiger partial charge on any atom is 0.253 e. The van der Waals surface area contributed by atoms with Gasteiger partial charge >= 0.3 is 0 Å². The largest absolute Gasteiger partial charge is 0.375 e. The molecular formula is C14H19NO3. The molecule has 1 aromatic rings. The average molecular weight is 249 g/mol. The third-order valence-corrected chi connectivity index (χ3v) is 2.82. The fourth-order valence-corrected chi connectivity index (χ4v) is 1.99. The molecule has 0 heterocycles. The second kappa shape index (κ2) is 6.31. The van der Waals surface area contributed by atoms with E-state index in [1.54, 1.807) is 6.92 Å². The van der Waals surface area contributed by atoms with Crippen LogP contribution in [0.15, 0.2) is 18.2 Å². The number of carbonyl (C=O) groups is 2. The van der Waals surface area contributed by atoms with Crippen molar-refractivity contribution >= 4 is 17.9 Å². The van der Waals surface area contributed by atoms with Crippen LogP contribution in [0.2, 0.25) is 0 Å². The quantitative estimate of drug-likeness (QED) is 0.748. The lowest BCUT2D eigenvalue weighted by atomic mass is 10.1. The third kappa shape index (κ3) is 2.96. The Labute approximate surface area is 108 Å². The highest BCUT2D eigenvalue weighted by molar-refractivity contribution is 5.99. The van der Waals surface area contributed by atoms with Gasteiger partial charge in [-0.3, -0.25) is 9.69 Å². The molecule has 0 spiro atoms. The average Bonchev–Trinajstić information content (AvgIpc) is 2.33. The van der Waals surface area contributed by atoms with Gasteiger partial charge in [0.1, 0.15) is 12.9 Å². The molecule has 1 unspecified atom stereocenters. The fourth-order valence-electron chi connectivity index (χ4n) is 1.99. The Morgan fingerprint density at radius 3 is 2.39 bits per heavy atom. The lowest BCUT2D eigenvalue weighted by Crippen LogP contribution is -2.42. The van der Waals surface area contributed by atoms with Crippen molar-refractivity contribution in [2.24, 2.45) is 0 Å². The van der Waals surface area contributed by atoms with E-state index in [9.17, 15) is 9.59 Å². The van der Waals surface area contributed by atoms with Crippen LogP contribution in [-0.2, 0) is 14.3 Å². The molecule has 0 aliphatic carbocycles. The maximum atomic E-state index is 12.1. The summed E-state index contributed by atoms with van der Waals surface area (Å²) in [6.07, 6.45) is 0.763. The predicted octanol–water partition coefficient (Wildman–Crippen LogP) is 1.87. The van der Waals surface area contributed by atoms with Crippen LogP contribution >= 0.6 is 0 Å².